The van der Waals surface area contributed by atoms with E-state index in [0.29, 0.717) is 0 Å². The van der Waals surface area contributed by atoms with Crippen molar-refractivity contribution in [2.75, 3.05) is 0 Å². The second-order valence-electron chi connectivity index (χ2n) is 2.85. The van der Waals surface area contributed by atoms with Crippen molar-refractivity contribution in [3.05, 3.63) is 32.4 Å². The molecule has 90 valence electrons. The van der Waals surface area contributed by atoms with Crippen LogP contribution in [0, 0.1) is 20.2 Å². The van der Waals surface area contributed by atoms with E-state index in [9.17, 15) is 28.6 Å². The molecule has 0 saturated carbocycles. The fourth-order valence-corrected chi connectivity index (χ4v) is 1.99. The second kappa shape index (κ2) is 3.28. The Labute approximate surface area is 93.0 Å². The zero-order valence-electron chi connectivity index (χ0n) is 7.72. The van der Waals surface area contributed by atoms with E-state index in [4.69, 9.17) is 0 Å². The number of hydrogen-bond donors (Lipinski definition) is 0. The van der Waals surface area contributed by atoms with Crippen LogP contribution in [0.1, 0.15) is 0 Å². The van der Waals surface area contributed by atoms with Gasteiger partial charge in [0.1, 0.15) is 0 Å². The molecule has 1 aromatic rings. The van der Waals surface area contributed by atoms with Crippen molar-refractivity contribution in [2.45, 2.75) is 0 Å². The van der Waals surface area contributed by atoms with E-state index in [-0.39, 0.29) is 0 Å². The third-order valence-electron chi connectivity index (χ3n) is 1.83. The van der Waals surface area contributed by atoms with Gasteiger partial charge in [-0.2, -0.15) is 0 Å². The van der Waals surface area contributed by atoms with Gasteiger partial charge in [0.15, 0.2) is 5.75 Å². The highest BCUT2D eigenvalue weighted by Crippen LogP contribution is 2.47. The smallest absolute Gasteiger partial charge is 0.348 e. The van der Waals surface area contributed by atoms with Crippen molar-refractivity contribution < 1.29 is 26.6 Å². The monoisotopic (exact) mass is 262 g/mol. The molecule has 0 bridgehead atoms. The van der Waals surface area contributed by atoms with Gasteiger partial charge in [-0.1, -0.05) is 0 Å². The highest BCUT2D eigenvalue weighted by Gasteiger charge is 2.41. The zero-order chi connectivity index (χ0) is 12.8. The Morgan fingerprint density at radius 1 is 1.06 bits per heavy atom. The lowest BCUT2D eigenvalue weighted by Gasteiger charge is -1.96. The second-order valence-corrected chi connectivity index (χ2v) is 4.00. The Morgan fingerprint density at radius 2 is 1.71 bits per heavy atom. The van der Waals surface area contributed by atoms with Crippen LogP contribution in [-0.2, 0) is 10.4 Å². The van der Waals surface area contributed by atoms with Gasteiger partial charge in [0, 0.05) is 6.07 Å². The van der Waals surface area contributed by atoms with Gasteiger partial charge >= 0.3 is 21.8 Å². The minimum atomic E-state index is -4.43. The Balaban J connectivity index is 2.74. The fourth-order valence-electron chi connectivity index (χ4n) is 1.24. The van der Waals surface area contributed by atoms with Crippen LogP contribution in [0.15, 0.2) is 12.1 Å². The lowest BCUT2D eigenvalue weighted by atomic mass is 10.2. The zero-order valence-corrected chi connectivity index (χ0v) is 8.54. The van der Waals surface area contributed by atoms with Crippen molar-refractivity contribution in [1.82, 2.24) is 0 Å². The SMILES string of the molecule is O=[N+]([O-])c1ccc2c(c1[N+](=O)[O-])OS(=O)(=O)O2. The fraction of sp³-hybridized carbons (Fsp3) is 0. The van der Waals surface area contributed by atoms with Crippen molar-refractivity contribution in [3.8, 4) is 11.5 Å². The number of nitro groups is 2. The van der Waals surface area contributed by atoms with Crippen LogP contribution in [0.2, 0.25) is 0 Å². The minimum Gasteiger partial charge on any atom is -0.348 e. The summed E-state index contributed by atoms with van der Waals surface area (Å²) in [6.45, 7) is 0. The maximum atomic E-state index is 10.9. The van der Waals surface area contributed by atoms with Gasteiger partial charge in [0.25, 0.3) is 5.75 Å². The van der Waals surface area contributed by atoms with E-state index in [2.05, 4.69) is 8.37 Å². The van der Waals surface area contributed by atoms with E-state index >= 15 is 0 Å². The van der Waals surface area contributed by atoms with Crippen molar-refractivity contribution >= 4 is 21.8 Å². The largest absolute Gasteiger partial charge is 0.501 e. The standard InChI is InChI=1S/C6H2N2O8S/c9-7(10)3-1-2-4-6(5(3)8(11)12)16-17(13,14)15-4/h1-2H. The van der Waals surface area contributed by atoms with Crippen LogP contribution >= 0.6 is 0 Å². The Morgan fingerprint density at radius 3 is 2.24 bits per heavy atom. The van der Waals surface area contributed by atoms with E-state index < -0.39 is 43.1 Å². The molecular weight excluding hydrogens is 260 g/mol. The molecule has 0 aliphatic carbocycles. The summed E-state index contributed by atoms with van der Waals surface area (Å²) < 4.78 is 30.2. The molecule has 0 aromatic heterocycles. The molecule has 0 saturated heterocycles. The van der Waals surface area contributed by atoms with Gasteiger partial charge in [-0.15, -0.1) is 8.42 Å². The van der Waals surface area contributed by atoms with Crippen LogP contribution in [0.25, 0.3) is 0 Å². The highest BCUT2D eigenvalue weighted by atomic mass is 32.3. The minimum absolute atomic E-state index is 0.456. The third-order valence-corrected chi connectivity index (χ3v) is 2.59. The molecule has 10 nitrogen and oxygen atoms in total. The molecule has 1 heterocycles. The molecule has 11 heteroatoms. The topological polar surface area (TPSA) is 139 Å². The molecule has 0 fully saturated rings. The Hall–Kier alpha value is -2.43. The molecule has 1 aliphatic rings. The maximum Gasteiger partial charge on any atom is 0.501 e. The number of benzene rings is 1. The number of rotatable bonds is 2. The molecule has 1 aliphatic heterocycles. The summed E-state index contributed by atoms with van der Waals surface area (Å²) >= 11 is 0. The first-order chi connectivity index (χ1) is 7.82. The number of fused-ring (bicyclic) bond motifs is 1. The summed E-state index contributed by atoms with van der Waals surface area (Å²) in [6.07, 6.45) is 0. The van der Waals surface area contributed by atoms with Gasteiger partial charge < -0.3 is 8.37 Å². The number of hydrogen-bond acceptors (Lipinski definition) is 8. The number of nitro benzene ring substituents is 2. The first kappa shape index (κ1) is 11.1. The van der Waals surface area contributed by atoms with Crippen LogP contribution < -0.4 is 8.37 Å². The normalized spacial score (nSPS) is 15.5. The summed E-state index contributed by atoms with van der Waals surface area (Å²) in [5, 5.41) is 21.2. The van der Waals surface area contributed by atoms with Gasteiger partial charge in [-0.05, 0) is 6.07 Å². The molecule has 17 heavy (non-hydrogen) atoms. The van der Waals surface area contributed by atoms with Crippen molar-refractivity contribution in [1.29, 1.82) is 0 Å². The average molecular weight is 262 g/mol. The molecule has 0 N–H and O–H groups in total. The number of nitrogens with zero attached hydrogens (tertiary/aromatic N) is 2. The quantitative estimate of drug-likeness (QED) is 0.555. The molecular formula is C6H2N2O8S. The molecule has 0 radical (unpaired) electrons. The molecule has 2 rings (SSSR count). The van der Waals surface area contributed by atoms with Gasteiger partial charge in [0.2, 0.25) is 0 Å². The lowest BCUT2D eigenvalue weighted by Crippen LogP contribution is -2.08. The molecule has 0 unspecified atom stereocenters. The van der Waals surface area contributed by atoms with Crippen LogP contribution in [0.5, 0.6) is 11.5 Å². The predicted molar refractivity (Wildman–Crippen MR) is 49.9 cm³/mol. The average Bonchev–Trinajstić information content (AvgIpc) is 2.48. The van der Waals surface area contributed by atoms with Crippen LogP contribution in [0.3, 0.4) is 0 Å². The van der Waals surface area contributed by atoms with E-state index in [0.717, 1.165) is 12.1 Å². The summed E-state index contributed by atoms with van der Waals surface area (Å²) in [5.41, 5.74) is -1.94. The molecule has 0 spiro atoms. The first-order valence-electron chi connectivity index (χ1n) is 3.91. The Kier molecular flexibility index (Phi) is 2.13. The van der Waals surface area contributed by atoms with Crippen molar-refractivity contribution in [3.63, 3.8) is 0 Å². The van der Waals surface area contributed by atoms with E-state index in [1.54, 1.807) is 0 Å². The van der Waals surface area contributed by atoms with Gasteiger partial charge in [-0.3, -0.25) is 20.2 Å². The summed E-state index contributed by atoms with van der Waals surface area (Å²) in [5.74, 6) is -1.24. The lowest BCUT2D eigenvalue weighted by molar-refractivity contribution is -0.422. The van der Waals surface area contributed by atoms with Gasteiger partial charge in [-0.25, -0.2) is 0 Å². The van der Waals surface area contributed by atoms with E-state index in [1.165, 1.54) is 0 Å². The highest BCUT2D eigenvalue weighted by molar-refractivity contribution is 7.82. The Bertz CT molecular complexity index is 636. The molecule has 0 atom stereocenters. The van der Waals surface area contributed by atoms with Crippen LogP contribution in [0.4, 0.5) is 11.4 Å². The summed E-state index contributed by atoms with van der Waals surface area (Å²) in [7, 11) is -4.43. The molecule has 0 amide bonds. The first-order valence-corrected chi connectivity index (χ1v) is 5.25. The predicted octanol–water partition coefficient (Wildman–Crippen LogP) is 0.519. The third kappa shape index (κ3) is 1.71. The summed E-state index contributed by atoms with van der Waals surface area (Å²) in [4.78, 5) is 19.1. The van der Waals surface area contributed by atoms with Gasteiger partial charge in [0.05, 0.1) is 9.85 Å². The maximum absolute atomic E-state index is 10.9. The van der Waals surface area contributed by atoms with Crippen LogP contribution in [-0.4, -0.2) is 18.3 Å². The molecule has 1 aromatic carbocycles. The summed E-state index contributed by atoms with van der Waals surface area (Å²) in [6, 6.07) is 1.67. The van der Waals surface area contributed by atoms with E-state index in [1.807, 2.05) is 0 Å². The van der Waals surface area contributed by atoms with Crippen molar-refractivity contribution in [2.24, 2.45) is 0 Å².